The van der Waals surface area contributed by atoms with Crippen LogP contribution < -0.4 is 0 Å². The van der Waals surface area contributed by atoms with Gasteiger partial charge in [0.1, 0.15) is 0 Å². The normalized spacial score (nSPS) is 14.8. The average Bonchev–Trinajstić information content (AvgIpc) is 2.36. The number of esters is 1. The predicted molar refractivity (Wildman–Crippen MR) is 68.6 cm³/mol. The van der Waals surface area contributed by atoms with Gasteiger partial charge >= 0.3 is 13.6 Å². The molecule has 0 heterocycles. The van der Waals surface area contributed by atoms with Crippen molar-refractivity contribution in [2.24, 2.45) is 0 Å². The van der Waals surface area contributed by atoms with Gasteiger partial charge in [0.15, 0.2) is 5.16 Å². The molecule has 6 nitrogen and oxygen atoms in total. The Balaban J connectivity index is 3.51. The highest BCUT2D eigenvalue weighted by Crippen LogP contribution is 2.58. The molecule has 0 saturated carbocycles. The zero-order valence-electron chi connectivity index (χ0n) is 11.0. The van der Waals surface area contributed by atoms with Crippen LogP contribution in [0.1, 0.15) is 18.1 Å². The Labute approximate surface area is 111 Å². The molecule has 0 radical (unpaired) electrons. The minimum absolute atomic E-state index is 0.142. The van der Waals surface area contributed by atoms with E-state index in [-0.39, 0.29) is 12.2 Å². The van der Waals surface area contributed by atoms with Crippen molar-refractivity contribution in [3.8, 4) is 0 Å². The summed E-state index contributed by atoms with van der Waals surface area (Å²) in [6.45, 7) is 1.32. The van der Waals surface area contributed by atoms with Crippen LogP contribution in [0.25, 0.3) is 0 Å². The third-order valence-electron chi connectivity index (χ3n) is 3.01. The van der Waals surface area contributed by atoms with E-state index in [1.54, 1.807) is 18.2 Å². The smallest absolute Gasteiger partial charge is 0.347 e. The molecule has 1 unspecified atom stereocenters. The van der Waals surface area contributed by atoms with Crippen molar-refractivity contribution in [3.63, 3.8) is 0 Å². The number of benzene rings is 1. The fourth-order valence-electron chi connectivity index (χ4n) is 1.86. The molecule has 0 aliphatic rings. The number of ether oxygens (including phenoxy) is 2. The fraction of sp³-hybridized carbons (Fsp3) is 0.417. The molecule has 0 saturated heterocycles. The topological polar surface area (TPSA) is 93.1 Å². The Hall–Kier alpha value is -1.20. The SMILES string of the molecule is COCc1ccccc1C(C)(C(=O)OC)P(=O)(O)O. The van der Waals surface area contributed by atoms with E-state index >= 15 is 0 Å². The number of rotatable bonds is 5. The highest BCUT2D eigenvalue weighted by Gasteiger charge is 2.52. The Kier molecular flexibility index (Phi) is 4.87. The second-order valence-electron chi connectivity index (χ2n) is 4.20. The number of hydrogen-bond donors (Lipinski definition) is 2. The molecule has 0 aliphatic heterocycles. The number of methoxy groups -OCH3 is 2. The average molecular weight is 288 g/mol. The van der Waals surface area contributed by atoms with Gasteiger partial charge in [-0.3, -0.25) is 9.36 Å². The van der Waals surface area contributed by atoms with E-state index in [9.17, 15) is 19.1 Å². The molecule has 1 aromatic carbocycles. The van der Waals surface area contributed by atoms with E-state index in [1.807, 2.05) is 0 Å². The van der Waals surface area contributed by atoms with Gasteiger partial charge in [0.05, 0.1) is 13.7 Å². The minimum Gasteiger partial charge on any atom is -0.468 e. The molecular formula is C12H17O6P. The molecule has 19 heavy (non-hydrogen) atoms. The molecule has 0 fully saturated rings. The number of carbonyl (C=O) groups is 1. The lowest BCUT2D eigenvalue weighted by Crippen LogP contribution is -2.34. The van der Waals surface area contributed by atoms with Crippen LogP contribution in [-0.2, 0) is 30.6 Å². The molecular weight excluding hydrogens is 271 g/mol. The summed E-state index contributed by atoms with van der Waals surface area (Å²) in [5, 5.41) is -2.04. The largest absolute Gasteiger partial charge is 0.468 e. The van der Waals surface area contributed by atoms with E-state index in [0.29, 0.717) is 5.56 Å². The summed E-state index contributed by atoms with van der Waals surface area (Å²) in [5.41, 5.74) is 0.734. The maximum Gasteiger partial charge on any atom is 0.347 e. The van der Waals surface area contributed by atoms with Crippen LogP contribution in [0.3, 0.4) is 0 Å². The molecule has 0 amide bonds. The lowest BCUT2D eigenvalue weighted by molar-refractivity contribution is -0.144. The predicted octanol–water partition coefficient (Wildman–Crippen LogP) is 1.40. The van der Waals surface area contributed by atoms with Crippen molar-refractivity contribution >= 4 is 13.6 Å². The van der Waals surface area contributed by atoms with Crippen LogP contribution in [0.2, 0.25) is 0 Å². The molecule has 1 rings (SSSR count). The van der Waals surface area contributed by atoms with Crippen LogP contribution in [0.4, 0.5) is 0 Å². The monoisotopic (exact) mass is 288 g/mol. The van der Waals surface area contributed by atoms with Crippen molar-refractivity contribution in [3.05, 3.63) is 35.4 Å². The summed E-state index contributed by atoms with van der Waals surface area (Å²) in [6.07, 6.45) is 0. The summed E-state index contributed by atoms with van der Waals surface area (Å²) in [7, 11) is -2.21. The molecule has 2 N–H and O–H groups in total. The van der Waals surface area contributed by atoms with Gasteiger partial charge in [-0.15, -0.1) is 0 Å². The molecule has 0 bridgehead atoms. The van der Waals surface area contributed by atoms with Gasteiger partial charge < -0.3 is 19.3 Å². The maximum absolute atomic E-state index is 11.9. The molecule has 7 heteroatoms. The molecule has 1 aromatic rings. The lowest BCUT2D eigenvalue weighted by Gasteiger charge is -2.29. The molecule has 0 aliphatic carbocycles. The van der Waals surface area contributed by atoms with E-state index in [2.05, 4.69) is 4.74 Å². The van der Waals surface area contributed by atoms with E-state index in [4.69, 9.17) is 4.74 Å². The van der Waals surface area contributed by atoms with E-state index in [0.717, 1.165) is 7.11 Å². The standard InChI is InChI=1S/C12H17O6P/c1-12(11(13)18-3,19(14,15)16)10-7-5-4-6-9(10)8-17-2/h4-7H,8H2,1-3H3,(H2,14,15,16). The van der Waals surface area contributed by atoms with E-state index < -0.39 is 18.7 Å². The van der Waals surface area contributed by atoms with E-state index in [1.165, 1.54) is 20.1 Å². The second-order valence-corrected chi connectivity index (χ2v) is 6.18. The van der Waals surface area contributed by atoms with Gasteiger partial charge in [0, 0.05) is 7.11 Å². The van der Waals surface area contributed by atoms with Crippen molar-refractivity contribution in [1.82, 2.24) is 0 Å². The van der Waals surface area contributed by atoms with Gasteiger partial charge in [-0.2, -0.15) is 0 Å². The third-order valence-corrected chi connectivity index (χ3v) is 4.60. The fourth-order valence-corrected chi connectivity index (χ4v) is 2.72. The third kappa shape index (κ3) is 2.87. The van der Waals surface area contributed by atoms with Gasteiger partial charge in [0.2, 0.25) is 0 Å². The summed E-state index contributed by atoms with van der Waals surface area (Å²) in [5.74, 6) is -0.982. The van der Waals surface area contributed by atoms with Gasteiger partial charge in [0.25, 0.3) is 0 Å². The highest BCUT2D eigenvalue weighted by atomic mass is 31.2. The van der Waals surface area contributed by atoms with Crippen LogP contribution in [0.5, 0.6) is 0 Å². The zero-order chi connectivity index (χ0) is 14.7. The van der Waals surface area contributed by atoms with Crippen LogP contribution in [0, 0.1) is 0 Å². The van der Waals surface area contributed by atoms with Crippen molar-refractivity contribution in [1.29, 1.82) is 0 Å². The van der Waals surface area contributed by atoms with Crippen LogP contribution in [0.15, 0.2) is 24.3 Å². The minimum atomic E-state index is -4.76. The first-order valence-electron chi connectivity index (χ1n) is 5.50. The Morgan fingerprint density at radius 2 is 1.89 bits per heavy atom. The van der Waals surface area contributed by atoms with Gasteiger partial charge in [-0.1, -0.05) is 24.3 Å². The molecule has 0 aromatic heterocycles. The summed E-state index contributed by atoms with van der Waals surface area (Å²) in [6, 6.07) is 6.45. The summed E-state index contributed by atoms with van der Waals surface area (Å²) >= 11 is 0. The molecule has 1 atom stereocenters. The highest BCUT2D eigenvalue weighted by molar-refractivity contribution is 7.54. The first-order chi connectivity index (χ1) is 8.79. The van der Waals surface area contributed by atoms with Crippen LogP contribution in [-0.4, -0.2) is 30.0 Å². The summed E-state index contributed by atoms with van der Waals surface area (Å²) in [4.78, 5) is 31.0. The maximum atomic E-state index is 11.9. The van der Waals surface area contributed by atoms with Crippen molar-refractivity contribution < 1.29 is 28.6 Å². The second kappa shape index (κ2) is 5.84. The Bertz CT molecular complexity index is 509. The van der Waals surface area contributed by atoms with Crippen molar-refractivity contribution in [2.75, 3.05) is 14.2 Å². The number of hydrogen-bond acceptors (Lipinski definition) is 4. The lowest BCUT2D eigenvalue weighted by atomic mass is 9.95. The Morgan fingerprint density at radius 3 is 2.37 bits per heavy atom. The van der Waals surface area contributed by atoms with Gasteiger partial charge in [-0.05, 0) is 18.1 Å². The molecule has 106 valence electrons. The quantitative estimate of drug-likeness (QED) is 0.628. The summed E-state index contributed by atoms with van der Waals surface area (Å²) < 4.78 is 21.3. The Morgan fingerprint density at radius 1 is 1.32 bits per heavy atom. The number of carbonyl (C=O) groups excluding carboxylic acids is 1. The van der Waals surface area contributed by atoms with Crippen molar-refractivity contribution in [2.45, 2.75) is 18.7 Å². The van der Waals surface area contributed by atoms with Crippen LogP contribution >= 0.6 is 7.60 Å². The first-order valence-corrected chi connectivity index (χ1v) is 7.11. The zero-order valence-corrected chi connectivity index (χ0v) is 11.9. The van der Waals surface area contributed by atoms with Gasteiger partial charge in [-0.25, -0.2) is 0 Å². The molecule has 0 spiro atoms. The first kappa shape index (κ1) is 15.9.